The molecule has 2 heterocycles. The summed E-state index contributed by atoms with van der Waals surface area (Å²) < 4.78 is 66.0. The number of rotatable bonds is 3. The lowest BCUT2D eigenvalue weighted by Crippen LogP contribution is -2.53. The quantitative estimate of drug-likeness (QED) is 0.664. The summed E-state index contributed by atoms with van der Waals surface area (Å²) in [6.45, 7) is 2.81. The third-order valence-electron chi connectivity index (χ3n) is 5.72. The summed E-state index contributed by atoms with van der Waals surface area (Å²) in [6, 6.07) is 2.51. The summed E-state index contributed by atoms with van der Waals surface area (Å²) in [7, 11) is -4.16. The molecule has 0 unspecified atom stereocenters. The summed E-state index contributed by atoms with van der Waals surface area (Å²) >= 11 is 5.58. The normalized spacial score (nSPS) is 19.5. The molecular formula is C19H23ClF3N3O4S. The summed E-state index contributed by atoms with van der Waals surface area (Å²) in [5, 5.41) is -0.572. The Hall–Kier alpha value is -1.85. The number of amides is 2. The molecular weight excluding hydrogens is 459 g/mol. The Balaban J connectivity index is 1.64. The van der Waals surface area contributed by atoms with E-state index in [1.807, 2.05) is 0 Å². The van der Waals surface area contributed by atoms with Crippen molar-refractivity contribution in [2.75, 3.05) is 39.3 Å². The van der Waals surface area contributed by atoms with Crippen molar-refractivity contribution >= 4 is 33.4 Å². The Morgan fingerprint density at radius 2 is 1.58 bits per heavy atom. The van der Waals surface area contributed by atoms with Crippen LogP contribution in [0.2, 0.25) is 5.02 Å². The molecule has 12 heteroatoms. The number of nitrogens with zero attached hydrogens (tertiary/aromatic N) is 3. The number of piperidine rings is 1. The number of benzene rings is 1. The van der Waals surface area contributed by atoms with Gasteiger partial charge in [0.15, 0.2) is 0 Å². The highest BCUT2D eigenvalue weighted by atomic mass is 35.5. The van der Waals surface area contributed by atoms with Crippen molar-refractivity contribution in [3.63, 3.8) is 0 Å². The van der Waals surface area contributed by atoms with Gasteiger partial charge in [0.05, 0.1) is 15.5 Å². The zero-order valence-electron chi connectivity index (χ0n) is 16.9. The summed E-state index contributed by atoms with van der Waals surface area (Å²) in [6.07, 6.45) is -3.66. The van der Waals surface area contributed by atoms with Crippen molar-refractivity contribution in [1.82, 2.24) is 14.1 Å². The monoisotopic (exact) mass is 481 g/mol. The summed E-state index contributed by atoms with van der Waals surface area (Å²) in [5.41, 5.74) is -1.21. The molecule has 2 saturated heterocycles. The van der Waals surface area contributed by atoms with Gasteiger partial charge in [-0.3, -0.25) is 9.59 Å². The Bertz CT molecular complexity index is 955. The van der Waals surface area contributed by atoms with Crippen LogP contribution in [0, 0.1) is 5.92 Å². The maximum atomic E-state index is 13.1. The van der Waals surface area contributed by atoms with Crippen LogP contribution in [0.1, 0.15) is 25.3 Å². The first-order valence-electron chi connectivity index (χ1n) is 9.82. The van der Waals surface area contributed by atoms with Crippen LogP contribution in [0.15, 0.2) is 23.1 Å². The highest BCUT2D eigenvalue weighted by Gasteiger charge is 2.37. The van der Waals surface area contributed by atoms with Gasteiger partial charge in [-0.1, -0.05) is 11.6 Å². The SMILES string of the molecule is CC(=O)N1CCC(C(=O)N2CCN(S(=O)(=O)c3ccc(Cl)c(C(F)(F)F)c3)CC2)CC1. The van der Waals surface area contributed by atoms with Gasteiger partial charge in [-0.05, 0) is 31.0 Å². The van der Waals surface area contributed by atoms with Gasteiger partial charge in [-0.2, -0.15) is 17.5 Å². The largest absolute Gasteiger partial charge is 0.417 e. The van der Waals surface area contributed by atoms with Gasteiger partial charge in [-0.15, -0.1) is 0 Å². The lowest BCUT2D eigenvalue weighted by atomic mass is 9.95. The minimum Gasteiger partial charge on any atom is -0.343 e. The Kier molecular flexibility index (Phi) is 6.87. The molecule has 2 aliphatic rings. The third-order valence-corrected chi connectivity index (χ3v) is 7.95. The fourth-order valence-electron chi connectivity index (χ4n) is 3.88. The molecule has 2 fully saturated rings. The highest BCUT2D eigenvalue weighted by molar-refractivity contribution is 7.89. The minimum atomic E-state index is -4.77. The maximum Gasteiger partial charge on any atom is 0.417 e. The standard InChI is InChI=1S/C19H23ClF3N3O4S/c1-13(27)24-6-4-14(5-7-24)18(28)25-8-10-26(11-9-25)31(29,30)15-2-3-17(20)16(12-15)19(21,22)23/h2-3,12,14H,4-11H2,1H3. The van der Waals surface area contributed by atoms with E-state index in [1.165, 1.54) is 6.92 Å². The fourth-order valence-corrected chi connectivity index (χ4v) is 5.55. The lowest BCUT2D eigenvalue weighted by molar-refractivity contribution is -0.141. The molecule has 1 aromatic carbocycles. The molecule has 172 valence electrons. The van der Waals surface area contributed by atoms with Gasteiger partial charge < -0.3 is 9.80 Å². The van der Waals surface area contributed by atoms with Crippen LogP contribution in [0.4, 0.5) is 13.2 Å². The van der Waals surface area contributed by atoms with E-state index >= 15 is 0 Å². The third kappa shape index (κ3) is 5.15. The molecule has 0 aromatic heterocycles. The number of carbonyl (C=O) groups is 2. The molecule has 0 saturated carbocycles. The Morgan fingerprint density at radius 3 is 2.10 bits per heavy atom. The van der Waals surface area contributed by atoms with Gasteiger partial charge in [0, 0.05) is 52.1 Å². The lowest BCUT2D eigenvalue weighted by Gasteiger charge is -2.38. The van der Waals surface area contributed by atoms with E-state index in [0.717, 1.165) is 16.4 Å². The van der Waals surface area contributed by atoms with Crippen molar-refractivity contribution < 1.29 is 31.2 Å². The second kappa shape index (κ2) is 8.95. The highest BCUT2D eigenvalue weighted by Crippen LogP contribution is 2.36. The molecule has 1 aromatic rings. The van der Waals surface area contributed by atoms with E-state index < -0.39 is 31.7 Å². The number of carbonyl (C=O) groups excluding carboxylic acids is 2. The Labute approximate surface area is 183 Å². The summed E-state index contributed by atoms with van der Waals surface area (Å²) in [4.78, 5) is 27.0. The number of alkyl halides is 3. The van der Waals surface area contributed by atoms with Crippen LogP contribution in [0.5, 0.6) is 0 Å². The molecule has 0 spiro atoms. The maximum absolute atomic E-state index is 13.1. The second-order valence-corrected chi connectivity index (χ2v) is 9.99. The molecule has 0 N–H and O–H groups in total. The number of hydrogen-bond donors (Lipinski definition) is 0. The number of piperazine rings is 1. The van der Waals surface area contributed by atoms with Gasteiger partial charge in [0.1, 0.15) is 0 Å². The number of halogens is 4. The first kappa shape index (κ1) is 23.8. The van der Waals surface area contributed by atoms with E-state index in [-0.39, 0.29) is 43.9 Å². The first-order chi connectivity index (χ1) is 14.4. The van der Waals surface area contributed by atoms with E-state index in [0.29, 0.717) is 32.0 Å². The number of sulfonamides is 1. The molecule has 3 rings (SSSR count). The van der Waals surface area contributed by atoms with Gasteiger partial charge in [-0.25, -0.2) is 8.42 Å². The van der Waals surface area contributed by atoms with Gasteiger partial charge in [0.2, 0.25) is 21.8 Å². The average Bonchev–Trinajstić information content (AvgIpc) is 2.72. The van der Waals surface area contributed by atoms with E-state index in [4.69, 9.17) is 11.6 Å². The van der Waals surface area contributed by atoms with Gasteiger partial charge >= 0.3 is 6.18 Å². The fraction of sp³-hybridized carbons (Fsp3) is 0.579. The van der Waals surface area contributed by atoms with Crippen molar-refractivity contribution in [3.8, 4) is 0 Å². The second-order valence-electron chi connectivity index (χ2n) is 7.65. The van der Waals surface area contributed by atoms with Crippen molar-refractivity contribution in [2.45, 2.75) is 30.8 Å². The van der Waals surface area contributed by atoms with Crippen LogP contribution in [0.3, 0.4) is 0 Å². The van der Waals surface area contributed by atoms with Crippen LogP contribution < -0.4 is 0 Å². The van der Waals surface area contributed by atoms with Crippen molar-refractivity contribution in [3.05, 3.63) is 28.8 Å². The smallest absolute Gasteiger partial charge is 0.343 e. The molecule has 31 heavy (non-hydrogen) atoms. The molecule has 0 aliphatic carbocycles. The minimum absolute atomic E-state index is 0.00958. The predicted molar refractivity (Wildman–Crippen MR) is 107 cm³/mol. The molecule has 7 nitrogen and oxygen atoms in total. The summed E-state index contributed by atoms with van der Waals surface area (Å²) in [5.74, 6) is -0.323. The predicted octanol–water partition coefficient (Wildman–Crippen LogP) is 2.45. The van der Waals surface area contributed by atoms with Crippen LogP contribution in [-0.4, -0.2) is 73.6 Å². The van der Waals surface area contributed by atoms with E-state index in [1.54, 1.807) is 9.80 Å². The van der Waals surface area contributed by atoms with Crippen LogP contribution >= 0.6 is 11.6 Å². The molecule has 2 amide bonds. The zero-order valence-corrected chi connectivity index (χ0v) is 18.4. The molecule has 2 aliphatic heterocycles. The van der Waals surface area contributed by atoms with Crippen LogP contribution in [0.25, 0.3) is 0 Å². The van der Waals surface area contributed by atoms with E-state index in [2.05, 4.69) is 0 Å². The molecule has 0 bridgehead atoms. The molecule has 0 atom stereocenters. The topological polar surface area (TPSA) is 78.0 Å². The number of hydrogen-bond acceptors (Lipinski definition) is 4. The average molecular weight is 482 g/mol. The Morgan fingerprint density at radius 1 is 1.00 bits per heavy atom. The van der Waals surface area contributed by atoms with Crippen molar-refractivity contribution in [2.24, 2.45) is 5.92 Å². The first-order valence-corrected chi connectivity index (χ1v) is 11.6. The molecule has 0 radical (unpaired) electrons. The van der Waals surface area contributed by atoms with Crippen LogP contribution in [-0.2, 0) is 25.8 Å². The van der Waals surface area contributed by atoms with Gasteiger partial charge in [0.25, 0.3) is 0 Å². The van der Waals surface area contributed by atoms with E-state index in [9.17, 15) is 31.2 Å². The number of likely N-dealkylation sites (tertiary alicyclic amines) is 1. The van der Waals surface area contributed by atoms with Crippen molar-refractivity contribution in [1.29, 1.82) is 0 Å². The zero-order chi connectivity index (χ0) is 23.0.